The van der Waals surface area contributed by atoms with E-state index in [9.17, 15) is 9.59 Å². The van der Waals surface area contributed by atoms with Crippen molar-refractivity contribution in [1.82, 2.24) is 5.32 Å². The van der Waals surface area contributed by atoms with Crippen molar-refractivity contribution in [1.29, 1.82) is 0 Å². The van der Waals surface area contributed by atoms with Crippen LogP contribution in [0.15, 0.2) is 10.1 Å². The Hall–Kier alpha value is -0.640. The molecule has 4 heteroatoms. The molecule has 14 heavy (non-hydrogen) atoms. The van der Waals surface area contributed by atoms with E-state index in [0.717, 1.165) is 22.9 Å². The summed E-state index contributed by atoms with van der Waals surface area (Å²) in [6.07, 6.45) is 1.67. The first kappa shape index (κ1) is 11.4. The van der Waals surface area contributed by atoms with Crippen LogP contribution in [0.2, 0.25) is 0 Å². The van der Waals surface area contributed by atoms with Crippen LogP contribution >= 0.6 is 15.9 Å². The molecule has 0 bridgehead atoms. The predicted molar refractivity (Wildman–Crippen MR) is 58.0 cm³/mol. The summed E-state index contributed by atoms with van der Waals surface area (Å²) in [5.74, 6) is 0.232. The van der Waals surface area contributed by atoms with Gasteiger partial charge >= 0.3 is 0 Å². The monoisotopic (exact) mass is 259 g/mol. The molecule has 0 heterocycles. The van der Waals surface area contributed by atoms with E-state index in [1.165, 1.54) is 7.05 Å². The zero-order chi connectivity index (χ0) is 10.7. The highest BCUT2D eigenvalue weighted by atomic mass is 79.9. The number of halogens is 1. The van der Waals surface area contributed by atoms with Crippen LogP contribution in [0, 0.1) is 5.92 Å². The number of hydrogen-bond donors (Lipinski definition) is 1. The Morgan fingerprint density at radius 1 is 1.50 bits per heavy atom. The number of carbonyl (C=O) groups is 2. The van der Waals surface area contributed by atoms with Gasteiger partial charge in [0, 0.05) is 17.1 Å². The molecule has 0 radical (unpaired) electrons. The van der Waals surface area contributed by atoms with Gasteiger partial charge in [0.1, 0.15) is 0 Å². The van der Waals surface area contributed by atoms with Gasteiger partial charge in [0.05, 0.1) is 6.42 Å². The van der Waals surface area contributed by atoms with Crippen LogP contribution < -0.4 is 5.32 Å². The molecule has 1 atom stereocenters. The molecule has 0 spiro atoms. The van der Waals surface area contributed by atoms with Crippen molar-refractivity contribution >= 4 is 27.6 Å². The van der Waals surface area contributed by atoms with Crippen LogP contribution in [0.3, 0.4) is 0 Å². The maximum atomic E-state index is 11.6. The van der Waals surface area contributed by atoms with Crippen LogP contribution in [0.25, 0.3) is 0 Å². The number of amides is 1. The molecule has 1 unspecified atom stereocenters. The maximum Gasteiger partial charge on any atom is 0.227 e. The summed E-state index contributed by atoms with van der Waals surface area (Å²) in [5.41, 5.74) is 0.793. The Balaban J connectivity index is 2.62. The van der Waals surface area contributed by atoms with Gasteiger partial charge in [-0.2, -0.15) is 0 Å². The smallest absolute Gasteiger partial charge is 0.227 e. The summed E-state index contributed by atoms with van der Waals surface area (Å²) in [6.45, 7) is 2.10. The van der Waals surface area contributed by atoms with Crippen molar-refractivity contribution in [2.45, 2.75) is 26.2 Å². The van der Waals surface area contributed by atoms with E-state index in [0.29, 0.717) is 5.92 Å². The predicted octanol–water partition coefficient (Wildman–Crippen LogP) is 1.77. The number of hydrogen-bond acceptors (Lipinski definition) is 2. The largest absolute Gasteiger partial charge is 0.359 e. The lowest BCUT2D eigenvalue weighted by Gasteiger charge is -2.02. The fourth-order valence-corrected chi connectivity index (χ4v) is 2.50. The van der Waals surface area contributed by atoms with Gasteiger partial charge in [-0.25, -0.2) is 0 Å². The van der Waals surface area contributed by atoms with E-state index in [-0.39, 0.29) is 18.1 Å². The molecule has 0 aromatic heterocycles. The molecule has 0 saturated heterocycles. The summed E-state index contributed by atoms with van der Waals surface area (Å²) < 4.78 is 0.971. The number of nitrogens with one attached hydrogen (secondary N) is 1. The van der Waals surface area contributed by atoms with E-state index in [4.69, 9.17) is 0 Å². The van der Waals surface area contributed by atoms with E-state index >= 15 is 0 Å². The van der Waals surface area contributed by atoms with Gasteiger partial charge in [-0.05, 0) is 18.8 Å². The minimum absolute atomic E-state index is 0.0341. The highest BCUT2D eigenvalue weighted by Gasteiger charge is 2.25. The van der Waals surface area contributed by atoms with Crippen LogP contribution in [0.5, 0.6) is 0 Å². The van der Waals surface area contributed by atoms with Crippen LogP contribution in [0.4, 0.5) is 0 Å². The van der Waals surface area contributed by atoms with Crippen LogP contribution in [-0.4, -0.2) is 18.7 Å². The first-order chi connectivity index (χ1) is 6.54. The van der Waals surface area contributed by atoms with Gasteiger partial charge in [0.25, 0.3) is 0 Å². The minimum atomic E-state index is -0.220. The number of rotatable bonds is 3. The molecule has 0 fully saturated rings. The van der Waals surface area contributed by atoms with Gasteiger partial charge in [-0.3, -0.25) is 9.59 Å². The summed E-state index contributed by atoms with van der Waals surface area (Å²) in [4.78, 5) is 22.6. The summed E-state index contributed by atoms with van der Waals surface area (Å²) in [6, 6.07) is 0. The van der Waals surface area contributed by atoms with E-state index < -0.39 is 0 Å². The van der Waals surface area contributed by atoms with Crippen molar-refractivity contribution in [2.24, 2.45) is 5.92 Å². The summed E-state index contributed by atoms with van der Waals surface area (Å²) in [7, 11) is 1.54. The third kappa shape index (κ3) is 2.67. The average Bonchev–Trinajstić information content (AvgIpc) is 2.45. The third-order valence-corrected chi connectivity index (χ3v) is 3.15. The van der Waals surface area contributed by atoms with Crippen molar-refractivity contribution < 1.29 is 9.59 Å². The second-order valence-corrected chi connectivity index (χ2v) is 4.63. The lowest BCUT2D eigenvalue weighted by atomic mass is 10.0. The van der Waals surface area contributed by atoms with Crippen molar-refractivity contribution in [3.63, 3.8) is 0 Å². The topological polar surface area (TPSA) is 46.2 Å². The zero-order valence-electron chi connectivity index (χ0n) is 8.39. The van der Waals surface area contributed by atoms with Crippen LogP contribution in [-0.2, 0) is 9.59 Å². The fraction of sp³-hybridized carbons (Fsp3) is 0.600. The molecule has 1 N–H and O–H groups in total. The fourth-order valence-electron chi connectivity index (χ4n) is 1.57. The molecule has 3 nitrogen and oxygen atoms in total. The number of carbonyl (C=O) groups excluding carboxylic acids is 2. The Morgan fingerprint density at radius 3 is 2.57 bits per heavy atom. The molecule has 0 saturated carbocycles. The maximum absolute atomic E-state index is 11.6. The lowest BCUT2D eigenvalue weighted by Crippen LogP contribution is -2.22. The highest BCUT2D eigenvalue weighted by Crippen LogP contribution is 2.35. The van der Waals surface area contributed by atoms with E-state index in [2.05, 4.69) is 28.2 Å². The number of ketones is 1. The molecule has 78 valence electrons. The van der Waals surface area contributed by atoms with Gasteiger partial charge in [-0.1, -0.05) is 22.9 Å². The minimum Gasteiger partial charge on any atom is -0.359 e. The summed E-state index contributed by atoms with van der Waals surface area (Å²) >= 11 is 3.38. The van der Waals surface area contributed by atoms with Gasteiger partial charge in [0.15, 0.2) is 5.78 Å². The Kier molecular flexibility index (Phi) is 3.86. The molecule has 1 amide bonds. The van der Waals surface area contributed by atoms with Gasteiger partial charge in [-0.15, -0.1) is 0 Å². The Morgan fingerprint density at radius 2 is 2.14 bits per heavy atom. The van der Waals surface area contributed by atoms with Crippen molar-refractivity contribution in [3.8, 4) is 0 Å². The highest BCUT2D eigenvalue weighted by molar-refractivity contribution is 9.11. The van der Waals surface area contributed by atoms with Gasteiger partial charge < -0.3 is 5.32 Å². The first-order valence-electron chi connectivity index (χ1n) is 4.66. The van der Waals surface area contributed by atoms with E-state index in [1.54, 1.807) is 0 Å². The molecule has 1 aliphatic rings. The second kappa shape index (κ2) is 4.73. The first-order valence-corrected chi connectivity index (χ1v) is 5.45. The number of allylic oxidation sites excluding steroid dienone is 2. The lowest BCUT2D eigenvalue weighted by molar-refractivity contribution is -0.126. The number of Topliss-reactive ketones (excluding diaryl/α,β-unsaturated/α-hetero) is 1. The third-order valence-electron chi connectivity index (χ3n) is 2.34. The van der Waals surface area contributed by atoms with Crippen molar-refractivity contribution in [3.05, 3.63) is 10.1 Å². The standard InChI is InChI=1S/C10H14BrNO2/c1-6-3-7(8(11)4-6)9(13)5-10(14)12-2/h6H,3-5H2,1-2H3,(H,12,14). The SMILES string of the molecule is CNC(=O)CC(=O)C1=C(Br)CC(C)C1. The van der Waals surface area contributed by atoms with Crippen molar-refractivity contribution in [2.75, 3.05) is 7.05 Å². The van der Waals surface area contributed by atoms with Crippen LogP contribution in [0.1, 0.15) is 26.2 Å². The second-order valence-electron chi connectivity index (χ2n) is 3.67. The average molecular weight is 260 g/mol. The summed E-state index contributed by atoms with van der Waals surface area (Å²) in [5, 5.41) is 2.45. The molecular formula is C10H14BrNO2. The Labute approximate surface area is 92.1 Å². The molecule has 0 aromatic carbocycles. The molecule has 1 rings (SSSR count). The van der Waals surface area contributed by atoms with Gasteiger partial charge in [0.2, 0.25) is 5.91 Å². The normalized spacial score (nSPS) is 21.2. The molecule has 0 aromatic rings. The quantitative estimate of drug-likeness (QED) is 0.786. The van der Waals surface area contributed by atoms with E-state index in [1.807, 2.05) is 0 Å². The Bertz CT molecular complexity index is 296. The molecule has 1 aliphatic carbocycles. The molecular weight excluding hydrogens is 246 g/mol. The zero-order valence-corrected chi connectivity index (χ0v) is 9.98. The molecule has 0 aliphatic heterocycles.